The number of benzene rings is 1. The number of nitro groups is 1. The lowest BCUT2D eigenvalue weighted by Crippen LogP contribution is -2.32. The van der Waals surface area contributed by atoms with Crippen LogP contribution < -0.4 is 0 Å². The molecule has 1 aromatic carbocycles. The molecule has 116 valence electrons. The van der Waals surface area contributed by atoms with Crippen LogP contribution in [0.2, 0.25) is 0 Å². The fourth-order valence-electron chi connectivity index (χ4n) is 1.47. The number of hydrogen-bond acceptors (Lipinski definition) is 5. The highest BCUT2D eigenvalue weighted by molar-refractivity contribution is 7.90. The molecule has 1 amide bonds. The smallest absolute Gasteiger partial charge is 0.285 e. The second-order valence-electron chi connectivity index (χ2n) is 4.40. The van der Waals surface area contributed by atoms with E-state index in [0.29, 0.717) is 12.1 Å². The van der Waals surface area contributed by atoms with Crippen LogP contribution in [-0.2, 0) is 9.84 Å². The first-order valence-electron chi connectivity index (χ1n) is 5.59. The van der Waals surface area contributed by atoms with Gasteiger partial charge in [0, 0.05) is 19.8 Å². The molecular weight excluding hydrogens is 310 g/mol. The van der Waals surface area contributed by atoms with Gasteiger partial charge in [-0.05, 0) is 6.07 Å². The second-order valence-corrected chi connectivity index (χ2v) is 6.66. The summed E-state index contributed by atoms with van der Waals surface area (Å²) in [4.78, 5) is 22.6. The van der Waals surface area contributed by atoms with E-state index in [-0.39, 0.29) is 12.3 Å². The van der Waals surface area contributed by atoms with Crippen LogP contribution in [-0.4, -0.2) is 49.7 Å². The lowest BCUT2D eigenvalue weighted by molar-refractivity contribution is -0.385. The lowest BCUT2D eigenvalue weighted by atomic mass is 10.1. The molecule has 0 saturated heterocycles. The Kier molecular flexibility index (Phi) is 4.94. The van der Waals surface area contributed by atoms with E-state index in [4.69, 9.17) is 0 Å². The van der Waals surface area contributed by atoms with E-state index in [2.05, 4.69) is 0 Å². The molecule has 0 saturated carbocycles. The molecule has 0 fully saturated rings. The van der Waals surface area contributed by atoms with E-state index in [9.17, 15) is 32.1 Å². The summed E-state index contributed by atoms with van der Waals surface area (Å²) in [6.45, 7) is -0.228. The zero-order valence-electron chi connectivity index (χ0n) is 11.2. The molecule has 0 spiro atoms. The van der Waals surface area contributed by atoms with Crippen molar-refractivity contribution in [2.24, 2.45) is 0 Å². The Morgan fingerprint density at radius 3 is 2.33 bits per heavy atom. The Morgan fingerprint density at radius 2 is 1.86 bits per heavy atom. The van der Waals surface area contributed by atoms with Crippen molar-refractivity contribution in [3.8, 4) is 0 Å². The van der Waals surface area contributed by atoms with E-state index in [0.717, 1.165) is 11.2 Å². The minimum Gasteiger partial charge on any atom is -0.340 e. The van der Waals surface area contributed by atoms with Crippen molar-refractivity contribution in [1.29, 1.82) is 0 Å². The lowest BCUT2D eigenvalue weighted by Gasteiger charge is -2.16. The van der Waals surface area contributed by atoms with Crippen LogP contribution in [0.4, 0.5) is 14.5 Å². The average molecular weight is 322 g/mol. The number of carbonyl (C=O) groups is 1. The standard InChI is InChI=1S/C11H12F2N2O5S/c1-14(3-4-21(2,19)20)11(16)7-5-8(12)9(13)6-10(7)15(17)18/h5-6H,3-4H2,1-2H3. The van der Waals surface area contributed by atoms with Gasteiger partial charge in [0.1, 0.15) is 15.4 Å². The predicted octanol–water partition coefficient (Wildman–Crippen LogP) is 0.990. The SMILES string of the molecule is CN(CCS(C)(=O)=O)C(=O)c1cc(F)c(F)cc1[N+](=O)[O-]. The Bertz CT molecular complexity index is 690. The van der Waals surface area contributed by atoms with Crippen LogP contribution >= 0.6 is 0 Å². The number of hydrogen-bond donors (Lipinski definition) is 0. The van der Waals surface area contributed by atoms with Gasteiger partial charge in [0.25, 0.3) is 11.6 Å². The summed E-state index contributed by atoms with van der Waals surface area (Å²) in [6.07, 6.45) is 0.964. The molecular formula is C11H12F2N2O5S. The van der Waals surface area contributed by atoms with Crippen LogP contribution in [0, 0.1) is 21.7 Å². The molecule has 0 atom stereocenters. The fraction of sp³-hybridized carbons (Fsp3) is 0.364. The van der Waals surface area contributed by atoms with Gasteiger partial charge in [-0.15, -0.1) is 0 Å². The van der Waals surface area contributed by atoms with Gasteiger partial charge in [-0.2, -0.15) is 0 Å². The number of nitrogens with zero attached hydrogens (tertiary/aromatic N) is 2. The van der Waals surface area contributed by atoms with Crippen molar-refractivity contribution in [3.05, 3.63) is 39.4 Å². The van der Waals surface area contributed by atoms with E-state index >= 15 is 0 Å². The van der Waals surface area contributed by atoms with Crippen molar-refractivity contribution in [1.82, 2.24) is 4.90 Å². The third-order valence-electron chi connectivity index (χ3n) is 2.61. The largest absolute Gasteiger partial charge is 0.340 e. The topological polar surface area (TPSA) is 97.6 Å². The molecule has 1 rings (SSSR count). The number of sulfone groups is 1. The molecule has 0 unspecified atom stereocenters. The highest BCUT2D eigenvalue weighted by Gasteiger charge is 2.26. The summed E-state index contributed by atoms with van der Waals surface area (Å²) < 4.78 is 48.2. The molecule has 0 aliphatic rings. The zero-order chi connectivity index (χ0) is 16.4. The Hall–Kier alpha value is -2.10. The molecule has 7 nitrogen and oxygen atoms in total. The first-order valence-corrected chi connectivity index (χ1v) is 7.65. The maximum Gasteiger partial charge on any atom is 0.285 e. The first kappa shape index (κ1) is 17.0. The third-order valence-corrected chi connectivity index (χ3v) is 3.53. The number of nitro benzene ring substituents is 1. The molecule has 0 aliphatic carbocycles. The number of carbonyl (C=O) groups excluding carboxylic acids is 1. The highest BCUT2D eigenvalue weighted by Crippen LogP contribution is 2.23. The second kappa shape index (κ2) is 6.12. The average Bonchev–Trinajstić information content (AvgIpc) is 2.36. The van der Waals surface area contributed by atoms with E-state index in [1.165, 1.54) is 7.05 Å². The molecule has 10 heteroatoms. The Balaban J connectivity index is 3.12. The summed E-state index contributed by atoms with van der Waals surface area (Å²) in [5.41, 5.74) is -1.53. The van der Waals surface area contributed by atoms with Gasteiger partial charge in [-0.1, -0.05) is 0 Å². The van der Waals surface area contributed by atoms with Crippen LogP contribution in [0.1, 0.15) is 10.4 Å². The van der Waals surface area contributed by atoms with Gasteiger partial charge < -0.3 is 4.90 Å². The Labute approximate surface area is 119 Å². The molecule has 1 aromatic rings. The Morgan fingerprint density at radius 1 is 1.33 bits per heavy atom. The van der Waals surface area contributed by atoms with Gasteiger partial charge in [-0.25, -0.2) is 17.2 Å². The maximum absolute atomic E-state index is 13.2. The summed E-state index contributed by atoms with van der Waals surface area (Å²) in [7, 11) is -2.13. The summed E-state index contributed by atoms with van der Waals surface area (Å²) in [5.74, 6) is -4.17. The molecule has 0 aromatic heterocycles. The number of amides is 1. The minimum absolute atomic E-state index is 0.228. The van der Waals surface area contributed by atoms with Crippen LogP contribution in [0.15, 0.2) is 12.1 Å². The van der Waals surface area contributed by atoms with E-state index in [1.807, 2.05) is 0 Å². The van der Waals surface area contributed by atoms with Gasteiger partial charge in [0.2, 0.25) is 0 Å². The van der Waals surface area contributed by atoms with E-state index < -0.39 is 43.6 Å². The molecule has 21 heavy (non-hydrogen) atoms. The zero-order valence-corrected chi connectivity index (χ0v) is 12.0. The highest BCUT2D eigenvalue weighted by atomic mass is 32.2. The van der Waals surface area contributed by atoms with Crippen molar-refractivity contribution in [2.75, 3.05) is 25.6 Å². The van der Waals surface area contributed by atoms with Crippen LogP contribution in [0.25, 0.3) is 0 Å². The molecule has 0 bridgehead atoms. The van der Waals surface area contributed by atoms with Crippen molar-refractivity contribution < 1.29 is 26.9 Å². The van der Waals surface area contributed by atoms with Crippen molar-refractivity contribution in [3.63, 3.8) is 0 Å². The molecule has 0 radical (unpaired) electrons. The van der Waals surface area contributed by atoms with E-state index in [1.54, 1.807) is 0 Å². The van der Waals surface area contributed by atoms with Crippen molar-refractivity contribution >= 4 is 21.4 Å². The summed E-state index contributed by atoms with van der Waals surface area (Å²) in [5, 5.41) is 10.8. The number of rotatable bonds is 5. The summed E-state index contributed by atoms with van der Waals surface area (Å²) >= 11 is 0. The monoisotopic (exact) mass is 322 g/mol. The predicted molar refractivity (Wildman–Crippen MR) is 69.7 cm³/mol. The van der Waals surface area contributed by atoms with Gasteiger partial charge in [-0.3, -0.25) is 14.9 Å². The van der Waals surface area contributed by atoms with Crippen LogP contribution in [0.3, 0.4) is 0 Å². The normalized spacial score (nSPS) is 11.2. The van der Waals surface area contributed by atoms with Crippen LogP contribution in [0.5, 0.6) is 0 Å². The minimum atomic E-state index is -3.34. The van der Waals surface area contributed by atoms with Gasteiger partial charge in [0.05, 0.1) is 16.7 Å². The van der Waals surface area contributed by atoms with Gasteiger partial charge in [0.15, 0.2) is 11.6 Å². The summed E-state index contributed by atoms with van der Waals surface area (Å²) in [6, 6.07) is 0.736. The fourth-order valence-corrected chi connectivity index (χ4v) is 2.07. The quantitative estimate of drug-likeness (QED) is 0.595. The molecule has 0 aliphatic heterocycles. The molecule has 0 heterocycles. The third kappa shape index (κ3) is 4.45. The first-order chi connectivity index (χ1) is 9.53. The molecule has 0 N–H and O–H groups in total. The number of halogens is 2. The van der Waals surface area contributed by atoms with Crippen molar-refractivity contribution in [2.45, 2.75) is 0 Å². The van der Waals surface area contributed by atoms with Gasteiger partial charge >= 0.3 is 0 Å². The maximum atomic E-state index is 13.2.